The molecule has 0 aliphatic rings. The van der Waals surface area contributed by atoms with Crippen molar-refractivity contribution in [2.75, 3.05) is 56.4 Å². The Kier molecular flexibility index (Phi) is 34.6. The van der Waals surface area contributed by atoms with Crippen molar-refractivity contribution in [2.24, 2.45) is 0 Å². The third kappa shape index (κ3) is 18.2. The maximum atomic E-state index is 11.2. The maximum absolute atomic E-state index is 11.2. The van der Waals surface area contributed by atoms with E-state index in [9.17, 15) is 59.4 Å². The predicted octanol–water partition coefficient (Wildman–Crippen LogP) is -14.0. The van der Waals surface area contributed by atoms with Crippen molar-refractivity contribution < 1.29 is 157 Å². The molecule has 0 atom stereocenters. The van der Waals surface area contributed by atoms with Crippen molar-refractivity contribution in [1.29, 1.82) is 0 Å². The van der Waals surface area contributed by atoms with Crippen LogP contribution in [-0.2, 0) is 0 Å². The monoisotopic (exact) mass is 1420 g/mol. The molecule has 0 heterocycles. The molecule has 8 aromatic carbocycles. The molecule has 0 fully saturated rings. The van der Waals surface area contributed by atoms with E-state index >= 15 is 0 Å². The number of benzene rings is 8. The van der Waals surface area contributed by atoms with Crippen LogP contribution in [0.25, 0.3) is 64.6 Å². The van der Waals surface area contributed by atoms with E-state index in [1.54, 1.807) is 36.4 Å². The SMILES string of the molecule is C[NH2+]C.C[NH2+]C.C[NH2+]C.C[NH2+]C.O=C([O-])c1ccc2c(c1)c1ccc(C(=O)[O-])cc1c1ccc(C(=O)[O-])cc21.O=C([O-])c1ccc2c(c1)c1ccc(C(=O)[O-])cc1c1ccc(C(=O)[O-])cc21.[Cl-].[Cl-].[K+].[Pb+2].[Pb]. The van der Waals surface area contributed by atoms with Crippen LogP contribution in [0.4, 0.5) is 0 Å². The Balaban J connectivity index is -0.00000101. The van der Waals surface area contributed by atoms with Gasteiger partial charge in [-0.2, -0.15) is 0 Å². The molecule has 8 aromatic rings. The molecule has 21 heteroatoms. The molecular formula is C50H50Cl2KN4O12Pb2-. The summed E-state index contributed by atoms with van der Waals surface area (Å²) in [4.78, 5) is 67.5. The molecule has 71 heavy (non-hydrogen) atoms. The van der Waals surface area contributed by atoms with Gasteiger partial charge < -0.3 is 105 Å². The number of nitrogens with two attached hydrogens (primary N) is 4. The summed E-state index contributed by atoms with van der Waals surface area (Å²) in [5.41, 5.74) is -0.232. The third-order valence-electron chi connectivity index (χ3n) is 9.27. The number of carbonyl (C=O) groups excluding carboxylic acids is 6. The van der Waals surface area contributed by atoms with Crippen LogP contribution in [0.5, 0.6) is 0 Å². The number of carboxylic acid groups (broad SMARTS) is 6. The van der Waals surface area contributed by atoms with Gasteiger partial charge in [-0.05, 0) is 134 Å². The Labute approximate surface area is 504 Å². The normalized spacial score (nSPS) is 9.46. The first kappa shape index (κ1) is 71.3. The summed E-state index contributed by atoms with van der Waals surface area (Å²) in [5, 5.41) is 82.5. The summed E-state index contributed by atoms with van der Waals surface area (Å²) in [6, 6.07) is 26.3. The van der Waals surface area contributed by atoms with Gasteiger partial charge in [0.25, 0.3) is 0 Å². The molecule has 16 nitrogen and oxygen atoms in total. The van der Waals surface area contributed by atoms with Crippen molar-refractivity contribution in [3.8, 4) is 0 Å². The summed E-state index contributed by atoms with van der Waals surface area (Å²) >= 11 is 0. The van der Waals surface area contributed by atoms with Crippen molar-refractivity contribution in [3.63, 3.8) is 0 Å². The molecule has 0 spiro atoms. The summed E-state index contributed by atoms with van der Waals surface area (Å²) in [5.74, 6) is -8.08. The molecule has 8 N–H and O–H groups in total. The number of hydrogen-bond acceptors (Lipinski definition) is 12. The fraction of sp³-hybridized carbons (Fsp3) is 0.160. The predicted molar refractivity (Wildman–Crippen MR) is 251 cm³/mol. The van der Waals surface area contributed by atoms with Gasteiger partial charge in [-0.1, -0.05) is 72.8 Å². The Hall–Kier alpha value is -3.96. The van der Waals surface area contributed by atoms with E-state index in [4.69, 9.17) is 0 Å². The summed E-state index contributed by atoms with van der Waals surface area (Å²) in [7, 11) is 16.0. The van der Waals surface area contributed by atoms with Crippen LogP contribution in [0.3, 0.4) is 0 Å². The molecule has 0 aliphatic heterocycles. The first-order valence-electron chi connectivity index (χ1n) is 20.5. The zero-order valence-corrected chi connectivity index (χ0v) is 52.8. The van der Waals surface area contributed by atoms with E-state index in [-0.39, 0.29) is 164 Å². The Morgan fingerprint density at radius 1 is 0.282 bits per heavy atom. The van der Waals surface area contributed by atoms with Crippen molar-refractivity contribution in [1.82, 2.24) is 0 Å². The van der Waals surface area contributed by atoms with Crippen LogP contribution in [-0.4, -0.2) is 147 Å². The maximum Gasteiger partial charge on any atom is 2.00 e. The molecule has 6 radical (unpaired) electrons. The molecule has 8 rings (SSSR count). The average molecular weight is 1420 g/mol. The number of aromatic carboxylic acids is 6. The van der Waals surface area contributed by atoms with Gasteiger partial charge in [0.05, 0.1) is 92.2 Å². The second-order valence-corrected chi connectivity index (χ2v) is 14.6. The van der Waals surface area contributed by atoms with Gasteiger partial charge >= 0.3 is 78.7 Å². The smallest absolute Gasteiger partial charge is 1.00 e. The number of quaternary nitrogens is 4. The van der Waals surface area contributed by atoms with Gasteiger partial charge in [0.2, 0.25) is 0 Å². The van der Waals surface area contributed by atoms with Gasteiger partial charge in [0.15, 0.2) is 0 Å². The second-order valence-electron chi connectivity index (χ2n) is 14.6. The standard InChI is InChI=1S/2C21H12O6.4C2H7N.2ClH.K.2Pb/c2*22-19(23)10-1-4-13-16(7-10)14-5-2-12(21(26)27)9-18(14)15-6-3-11(20(24)25)8-17(13)15;4*1-3-2;;;;;/h2*1-9H,(H,22,23)(H,24,25)(H,26,27);4*3H,1-2H3;2*1H;;;/q;;;;;;;;+1;;+2/p-4. The van der Waals surface area contributed by atoms with Gasteiger partial charge in [0, 0.05) is 27.3 Å². The number of hydrogen-bond donors (Lipinski definition) is 4. The molecule has 0 amide bonds. The van der Waals surface area contributed by atoms with Gasteiger partial charge in [-0.15, -0.1) is 0 Å². The van der Waals surface area contributed by atoms with E-state index in [0.29, 0.717) is 64.6 Å². The van der Waals surface area contributed by atoms with Crippen molar-refractivity contribution in [2.45, 2.75) is 0 Å². The Morgan fingerprint density at radius 3 is 0.465 bits per heavy atom. The fourth-order valence-electron chi connectivity index (χ4n) is 6.77. The number of halogens is 2. The molecule has 366 valence electrons. The second kappa shape index (κ2) is 34.5. The van der Waals surface area contributed by atoms with E-state index in [2.05, 4.69) is 0 Å². The average Bonchev–Trinajstić information content (AvgIpc) is 3.29. The van der Waals surface area contributed by atoms with E-state index in [1.165, 1.54) is 72.8 Å². The molecule has 0 aliphatic carbocycles. The van der Waals surface area contributed by atoms with Crippen LogP contribution >= 0.6 is 0 Å². The topological polar surface area (TPSA) is 307 Å². The van der Waals surface area contributed by atoms with Crippen LogP contribution in [0.2, 0.25) is 0 Å². The quantitative estimate of drug-likeness (QED) is 0.0892. The first-order chi connectivity index (χ1) is 31.4. The number of fused-ring (bicyclic) bond motifs is 12. The van der Waals surface area contributed by atoms with Crippen molar-refractivity contribution >= 4 is 155 Å². The summed E-state index contributed by atoms with van der Waals surface area (Å²) in [6.45, 7) is 0. The summed E-state index contributed by atoms with van der Waals surface area (Å²) in [6.07, 6.45) is 0. The largest absolute Gasteiger partial charge is 2.00 e. The molecule has 0 aromatic heterocycles. The third-order valence-corrected chi connectivity index (χ3v) is 9.27. The Bertz CT molecular complexity index is 2550. The minimum Gasteiger partial charge on any atom is -1.00 e. The zero-order valence-electron chi connectivity index (χ0n) is 40.4. The number of rotatable bonds is 6. The van der Waals surface area contributed by atoms with Gasteiger partial charge in [0.1, 0.15) is 0 Å². The number of carboxylic acids is 6. The van der Waals surface area contributed by atoms with Crippen LogP contribution < -0.4 is 128 Å². The molecule has 0 unspecified atom stereocenters. The van der Waals surface area contributed by atoms with E-state index in [0.717, 1.165) is 0 Å². The summed E-state index contributed by atoms with van der Waals surface area (Å²) < 4.78 is 0. The fourth-order valence-corrected chi connectivity index (χ4v) is 6.77. The van der Waals surface area contributed by atoms with Crippen molar-refractivity contribution in [3.05, 3.63) is 143 Å². The van der Waals surface area contributed by atoms with E-state index < -0.39 is 35.8 Å². The zero-order chi connectivity index (χ0) is 49.4. The molecule has 0 saturated heterocycles. The molecule has 0 bridgehead atoms. The Morgan fingerprint density at radius 2 is 0.380 bits per heavy atom. The van der Waals surface area contributed by atoms with E-state index in [1.807, 2.05) is 77.6 Å². The van der Waals surface area contributed by atoms with Crippen LogP contribution in [0.1, 0.15) is 62.1 Å². The molecule has 0 saturated carbocycles. The van der Waals surface area contributed by atoms with Gasteiger partial charge in [-0.25, -0.2) is 0 Å². The van der Waals surface area contributed by atoms with Crippen LogP contribution in [0, 0.1) is 0 Å². The number of carbonyl (C=O) groups is 6. The van der Waals surface area contributed by atoms with Crippen LogP contribution in [0.15, 0.2) is 109 Å². The minimum absolute atomic E-state index is 0. The van der Waals surface area contributed by atoms with Gasteiger partial charge in [-0.3, -0.25) is 0 Å². The first-order valence-corrected chi connectivity index (χ1v) is 20.5. The molecular weight excluding hydrogens is 1370 g/mol. The minimum atomic E-state index is -1.35.